The van der Waals surface area contributed by atoms with Crippen molar-refractivity contribution < 1.29 is 14.0 Å². The standard InChI is InChI=1S/C16H11Cl2FN2O2/c17-11-2-1-3-13(15(11)18)21-14(22)8-12(16(21)23)20-10-6-4-9(19)5-7-10/h1-7,12,20H,8H2/t12-/m1/s1. The highest BCUT2D eigenvalue weighted by molar-refractivity contribution is 6.45. The van der Waals surface area contributed by atoms with Gasteiger partial charge in [0.05, 0.1) is 22.2 Å². The average Bonchev–Trinajstić information content (AvgIpc) is 2.79. The molecule has 23 heavy (non-hydrogen) atoms. The third-order valence-corrected chi connectivity index (χ3v) is 4.31. The van der Waals surface area contributed by atoms with Crippen molar-refractivity contribution in [2.75, 3.05) is 10.2 Å². The Balaban J connectivity index is 1.85. The monoisotopic (exact) mass is 352 g/mol. The van der Waals surface area contributed by atoms with Crippen molar-refractivity contribution in [2.45, 2.75) is 12.5 Å². The number of hydrogen-bond acceptors (Lipinski definition) is 3. The van der Waals surface area contributed by atoms with Crippen LogP contribution in [-0.2, 0) is 9.59 Å². The van der Waals surface area contributed by atoms with E-state index in [2.05, 4.69) is 5.32 Å². The van der Waals surface area contributed by atoms with Crippen molar-refractivity contribution in [1.29, 1.82) is 0 Å². The van der Waals surface area contributed by atoms with Crippen molar-refractivity contribution in [3.05, 3.63) is 58.3 Å². The Bertz CT molecular complexity index is 780. The van der Waals surface area contributed by atoms with Gasteiger partial charge in [-0.3, -0.25) is 9.59 Å². The number of nitrogens with zero attached hydrogens (tertiary/aromatic N) is 1. The van der Waals surface area contributed by atoms with Crippen LogP contribution >= 0.6 is 23.2 Å². The van der Waals surface area contributed by atoms with E-state index in [1.807, 2.05) is 0 Å². The predicted molar refractivity (Wildman–Crippen MR) is 87.4 cm³/mol. The van der Waals surface area contributed by atoms with Gasteiger partial charge >= 0.3 is 0 Å². The van der Waals surface area contributed by atoms with Crippen molar-refractivity contribution in [2.24, 2.45) is 0 Å². The van der Waals surface area contributed by atoms with Gasteiger partial charge in [0.1, 0.15) is 11.9 Å². The van der Waals surface area contributed by atoms with E-state index in [1.54, 1.807) is 18.2 Å². The summed E-state index contributed by atoms with van der Waals surface area (Å²) in [5, 5.41) is 3.34. The molecule has 2 amide bonds. The summed E-state index contributed by atoms with van der Waals surface area (Å²) in [6, 6.07) is 9.57. The van der Waals surface area contributed by atoms with Crippen LogP contribution in [0.1, 0.15) is 6.42 Å². The van der Waals surface area contributed by atoms with E-state index >= 15 is 0 Å². The maximum absolute atomic E-state index is 12.9. The molecular weight excluding hydrogens is 342 g/mol. The van der Waals surface area contributed by atoms with Gasteiger partial charge in [-0.15, -0.1) is 0 Å². The zero-order valence-electron chi connectivity index (χ0n) is 11.7. The fourth-order valence-electron chi connectivity index (χ4n) is 2.41. The molecule has 7 heteroatoms. The van der Waals surface area contributed by atoms with E-state index in [9.17, 15) is 14.0 Å². The summed E-state index contributed by atoms with van der Waals surface area (Å²) in [5.74, 6) is -1.18. The largest absolute Gasteiger partial charge is 0.373 e. The molecule has 0 bridgehead atoms. The first-order chi connectivity index (χ1) is 11.0. The molecule has 0 saturated carbocycles. The Hall–Kier alpha value is -2.11. The summed E-state index contributed by atoms with van der Waals surface area (Å²) in [4.78, 5) is 25.7. The third kappa shape index (κ3) is 3.02. The number of carbonyl (C=O) groups is 2. The molecule has 0 radical (unpaired) electrons. The third-order valence-electron chi connectivity index (χ3n) is 3.50. The van der Waals surface area contributed by atoms with Crippen molar-refractivity contribution >= 4 is 46.4 Å². The molecule has 4 nitrogen and oxygen atoms in total. The minimum absolute atomic E-state index is 0.0148. The summed E-state index contributed by atoms with van der Waals surface area (Å²) in [5.41, 5.74) is 0.814. The molecule has 1 fully saturated rings. The van der Waals surface area contributed by atoms with Crippen molar-refractivity contribution in [1.82, 2.24) is 0 Å². The molecule has 1 N–H and O–H groups in total. The number of rotatable bonds is 3. The van der Waals surface area contributed by atoms with E-state index in [-0.39, 0.29) is 33.9 Å². The lowest BCUT2D eigenvalue weighted by atomic mass is 10.2. The summed E-state index contributed by atoms with van der Waals surface area (Å²) < 4.78 is 12.9. The summed E-state index contributed by atoms with van der Waals surface area (Å²) in [7, 11) is 0. The van der Waals surface area contributed by atoms with Gasteiger partial charge in [-0.25, -0.2) is 9.29 Å². The Morgan fingerprint density at radius 3 is 2.48 bits per heavy atom. The number of amides is 2. The second-order valence-electron chi connectivity index (χ2n) is 5.05. The highest BCUT2D eigenvalue weighted by Crippen LogP contribution is 2.35. The number of benzene rings is 2. The van der Waals surface area contributed by atoms with E-state index < -0.39 is 11.9 Å². The van der Waals surface area contributed by atoms with Gasteiger partial charge in [0.15, 0.2) is 0 Å². The molecule has 1 aliphatic rings. The highest BCUT2D eigenvalue weighted by Gasteiger charge is 2.40. The molecular formula is C16H11Cl2FN2O2. The Kier molecular flexibility index (Phi) is 4.24. The van der Waals surface area contributed by atoms with Crippen LogP contribution in [0.5, 0.6) is 0 Å². The van der Waals surface area contributed by atoms with E-state index in [0.717, 1.165) is 4.90 Å². The number of nitrogens with one attached hydrogen (secondary N) is 1. The van der Waals surface area contributed by atoms with Gasteiger partial charge in [0.2, 0.25) is 5.91 Å². The second-order valence-corrected chi connectivity index (χ2v) is 5.83. The fourth-order valence-corrected chi connectivity index (χ4v) is 2.79. The number of hydrogen-bond donors (Lipinski definition) is 1. The normalized spacial score (nSPS) is 17.7. The smallest absolute Gasteiger partial charge is 0.256 e. The minimum Gasteiger partial charge on any atom is -0.373 e. The molecule has 2 aromatic rings. The summed E-state index contributed by atoms with van der Waals surface area (Å²) in [6.07, 6.45) is -0.0148. The Labute approximate surface area is 141 Å². The van der Waals surface area contributed by atoms with Crippen molar-refractivity contribution in [3.8, 4) is 0 Å². The van der Waals surface area contributed by atoms with E-state index in [1.165, 1.54) is 24.3 Å². The van der Waals surface area contributed by atoms with Gasteiger partial charge in [0, 0.05) is 5.69 Å². The van der Waals surface area contributed by atoms with Crippen LogP contribution in [-0.4, -0.2) is 17.9 Å². The molecule has 0 spiro atoms. The molecule has 0 aliphatic carbocycles. The molecule has 1 aliphatic heterocycles. The lowest BCUT2D eigenvalue weighted by Gasteiger charge is -2.17. The quantitative estimate of drug-likeness (QED) is 0.852. The molecule has 1 saturated heterocycles. The van der Waals surface area contributed by atoms with Gasteiger partial charge in [0.25, 0.3) is 5.91 Å². The molecule has 0 aromatic heterocycles. The lowest BCUT2D eigenvalue weighted by molar-refractivity contribution is -0.121. The van der Waals surface area contributed by atoms with Gasteiger partial charge < -0.3 is 5.32 Å². The highest BCUT2D eigenvalue weighted by atomic mass is 35.5. The number of halogens is 3. The Morgan fingerprint density at radius 1 is 1.09 bits per heavy atom. The molecule has 2 aromatic carbocycles. The molecule has 1 heterocycles. The number of anilines is 2. The van der Waals surface area contributed by atoms with E-state index in [0.29, 0.717) is 5.69 Å². The summed E-state index contributed by atoms with van der Waals surface area (Å²) >= 11 is 12.0. The zero-order valence-corrected chi connectivity index (χ0v) is 13.2. The first kappa shape index (κ1) is 15.8. The predicted octanol–water partition coefficient (Wildman–Crippen LogP) is 3.88. The van der Waals surface area contributed by atoms with Crippen molar-refractivity contribution in [3.63, 3.8) is 0 Å². The molecule has 118 valence electrons. The molecule has 0 unspecified atom stereocenters. The topological polar surface area (TPSA) is 49.4 Å². The maximum atomic E-state index is 12.9. The maximum Gasteiger partial charge on any atom is 0.256 e. The first-order valence-corrected chi connectivity index (χ1v) is 7.56. The van der Waals surface area contributed by atoms with Crippen LogP contribution in [0, 0.1) is 5.82 Å². The van der Waals surface area contributed by atoms with Crippen LogP contribution in [0.25, 0.3) is 0 Å². The van der Waals surface area contributed by atoms with Crippen LogP contribution in [0.2, 0.25) is 10.0 Å². The lowest BCUT2D eigenvalue weighted by Crippen LogP contribution is -2.35. The van der Waals surface area contributed by atoms with Crippen LogP contribution < -0.4 is 10.2 Å². The van der Waals surface area contributed by atoms with Crippen LogP contribution in [0.4, 0.5) is 15.8 Å². The SMILES string of the molecule is O=C1C[C@@H](Nc2ccc(F)cc2)C(=O)N1c1cccc(Cl)c1Cl. The average molecular weight is 353 g/mol. The number of imide groups is 1. The van der Waals surface area contributed by atoms with Gasteiger partial charge in [-0.05, 0) is 36.4 Å². The Morgan fingerprint density at radius 2 is 1.78 bits per heavy atom. The molecule has 3 rings (SSSR count). The summed E-state index contributed by atoms with van der Waals surface area (Å²) in [6.45, 7) is 0. The number of carbonyl (C=O) groups excluding carboxylic acids is 2. The molecule has 1 atom stereocenters. The van der Waals surface area contributed by atoms with Crippen LogP contribution in [0.3, 0.4) is 0 Å². The fraction of sp³-hybridized carbons (Fsp3) is 0.125. The van der Waals surface area contributed by atoms with Gasteiger partial charge in [-0.1, -0.05) is 29.3 Å². The zero-order chi connectivity index (χ0) is 16.6. The van der Waals surface area contributed by atoms with E-state index in [4.69, 9.17) is 23.2 Å². The van der Waals surface area contributed by atoms with Gasteiger partial charge in [-0.2, -0.15) is 0 Å². The van der Waals surface area contributed by atoms with Crippen LogP contribution in [0.15, 0.2) is 42.5 Å². The second kappa shape index (κ2) is 6.18. The minimum atomic E-state index is -0.733. The first-order valence-electron chi connectivity index (χ1n) is 6.80.